The molecule has 2 rings (SSSR count). The molecule has 1 fully saturated rings. The third-order valence-corrected chi connectivity index (χ3v) is 3.82. The predicted octanol–water partition coefficient (Wildman–Crippen LogP) is 2.48. The Labute approximate surface area is 110 Å². The summed E-state index contributed by atoms with van der Waals surface area (Å²) in [7, 11) is 0. The van der Waals surface area contributed by atoms with Crippen LogP contribution in [0.3, 0.4) is 0 Å². The highest BCUT2D eigenvalue weighted by atomic mass is 15.2. The van der Waals surface area contributed by atoms with Gasteiger partial charge in [0, 0.05) is 38.1 Å². The lowest BCUT2D eigenvalue weighted by molar-refractivity contribution is 0.152. The zero-order valence-electron chi connectivity index (χ0n) is 11.4. The van der Waals surface area contributed by atoms with Crippen molar-refractivity contribution >= 4 is 0 Å². The van der Waals surface area contributed by atoms with Gasteiger partial charge in [0.15, 0.2) is 0 Å². The summed E-state index contributed by atoms with van der Waals surface area (Å²) in [6.07, 6.45) is 10.7. The van der Waals surface area contributed by atoms with Gasteiger partial charge in [-0.1, -0.05) is 25.3 Å². The molecule has 100 valence electrons. The van der Waals surface area contributed by atoms with Gasteiger partial charge in [-0.3, -0.25) is 9.88 Å². The van der Waals surface area contributed by atoms with Crippen molar-refractivity contribution in [3.8, 4) is 0 Å². The molecule has 0 saturated heterocycles. The van der Waals surface area contributed by atoms with Crippen molar-refractivity contribution in [1.82, 2.24) is 9.88 Å². The van der Waals surface area contributed by atoms with Crippen LogP contribution in [0.25, 0.3) is 0 Å². The topological polar surface area (TPSA) is 42.2 Å². The van der Waals surface area contributed by atoms with Gasteiger partial charge in [0.05, 0.1) is 0 Å². The molecule has 0 aromatic carbocycles. The molecule has 1 aromatic rings. The van der Waals surface area contributed by atoms with Gasteiger partial charge in [-0.2, -0.15) is 0 Å². The zero-order valence-corrected chi connectivity index (χ0v) is 11.4. The van der Waals surface area contributed by atoms with E-state index in [2.05, 4.69) is 22.9 Å². The van der Waals surface area contributed by atoms with Crippen LogP contribution < -0.4 is 5.73 Å². The normalized spacial score (nSPS) is 17.3. The molecule has 0 bridgehead atoms. The molecule has 1 aliphatic carbocycles. The second-order valence-corrected chi connectivity index (χ2v) is 5.42. The van der Waals surface area contributed by atoms with E-state index in [0.29, 0.717) is 0 Å². The molecule has 18 heavy (non-hydrogen) atoms. The Kier molecular flexibility index (Phi) is 5.14. The van der Waals surface area contributed by atoms with Crippen LogP contribution in [0.1, 0.15) is 43.2 Å². The Bertz CT molecular complexity index is 359. The van der Waals surface area contributed by atoms with Gasteiger partial charge in [0.25, 0.3) is 0 Å². The summed E-state index contributed by atoms with van der Waals surface area (Å²) in [5.41, 5.74) is 8.32. The number of aryl methyl sites for hydroxylation is 1. The van der Waals surface area contributed by atoms with Crippen molar-refractivity contribution in [3.05, 3.63) is 29.6 Å². The van der Waals surface area contributed by atoms with E-state index in [4.69, 9.17) is 5.73 Å². The molecule has 0 unspecified atom stereocenters. The van der Waals surface area contributed by atoms with Gasteiger partial charge in [0.1, 0.15) is 0 Å². The standard InChI is InChI=1S/C15H25N3/c1-13-9-14(11-17-10-13)12-18(8-7-16)15-5-3-2-4-6-15/h9-11,15H,2-8,12,16H2,1H3. The number of hydrogen-bond acceptors (Lipinski definition) is 3. The van der Waals surface area contributed by atoms with Crippen molar-refractivity contribution < 1.29 is 0 Å². The van der Waals surface area contributed by atoms with Crippen LogP contribution in [0.15, 0.2) is 18.5 Å². The number of nitrogens with two attached hydrogens (primary N) is 1. The molecule has 1 saturated carbocycles. The van der Waals surface area contributed by atoms with Crippen LogP contribution in [0.4, 0.5) is 0 Å². The first-order valence-electron chi connectivity index (χ1n) is 7.14. The second-order valence-electron chi connectivity index (χ2n) is 5.42. The van der Waals surface area contributed by atoms with Crippen molar-refractivity contribution in [2.45, 2.75) is 51.6 Å². The van der Waals surface area contributed by atoms with Crippen LogP contribution >= 0.6 is 0 Å². The average Bonchev–Trinajstić information content (AvgIpc) is 2.39. The molecule has 0 radical (unpaired) electrons. The van der Waals surface area contributed by atoms with Gasteiger partial charge in [0.2, 0.25) is 0 Å². The monoisotopic (exact) mass is 247 g/mol. The average molecular weight is 247 g/mol. The van der Waals surface area contributed by atoms with Gasteiger partial charge >= 0.3 is 0 Å². The first-order chi connectivity index (χ1) is 8.79. The van der Waals surface area contributed by atoms with Crippen molar-refractivity contribution in [1.29, 1.82) is 0 Å². The maximum absolute atomic E-state index is 5.76. The maximum atomic E-state index is 5.76. The molecule has 0 spiro atoms. The lowest BCUT2D eigenvalue weighted by Crippen LogP contribution is -2.39. The summed E-state index contributed by atoms with van der Waals surface area (Å²) in [6, 6.07) is 2.96. The van der Waals surface area contributed by atoms with Crippen LogP contribution in [0.5, 0.6) is 0 Å². The Hall–Kier alpha value is -0.930. The smallest absolute Gasteiger partial charge is 0.0313 e. The molecule has 1 aromatic heterocycles. The van der Waals surface area contributed by atoms with Gasteiger partial charge in [-0.15, -0.1) is 0 Å². The zero-order chi connectivity index (χ0) is 12.8. The number of rotatable bonds is 5. The summed E-state index contributed by atoms with van der Waals surface area (Å²) in [4.78, 5) is 6.84. The van der Waals surface area contributed by atoms with E-state index in [9.17, 15) is 0 Å². The minimum absolute atomic E-state index is 0.725. The van der Waals surface area contributed by atoms with E-state index < -0.39 is 0 Å². The Balaban J connectivity index is 2.00. The van der Waals surface area contributed by atoms with Crippen molar-refractivity contribution in [2.75, 3.05) is 13.1 Å². The summed E-state index contributed by atoms with van der Waals surface area (Å²) in [5.74, 6) is 0. The van der Waals surface area contributed by atoms with E-state index in [-0.39, 0.29) is 0 Å². The molecule has 0 aliphatic heterocycles. The minimum atomic E-state index is 0.725. The molecule has 1 aliphatic rings. The Morgan fingerprint density at radius 2 is 2.06 bits per heavy atom. The first-order valence-corrected chi connectivity index (χ1v) is 7.14. The lowest BCUT2D eigenvalue weighted by Gasteiger charge is -2.34. The lowest BCUT2D eigenvalue weighted by atomic mass is 9.94. The second kappa shape index (κ2) is 6.86. The van der Waals surface area contributed by atoms with Crippen LogP contribution in [-0.4, -0.2) is 29.0 Å². The Morgan fingerprint density at radius 3 is 2.72 bits per heavy atom. The molecule has 1 heterocycles. The molecule has 3 heteroatoms. The quantitative estimate of drug-likeness (QED) is 0.869. The summed E-state index contributed by atoms with van der Waals surface area (Å²) in [5, 5.41) is 0. The fourth-order valence-electron chi connectivity index (χ4n) is 2.94. The minimum Gasteiger partial charge on any atom is -0.329 e. The van der Waals surface area contributed by atoms with E-state index in [1.165, 1.54) is 43.2 Å². The highest BCUT2D eigenvalue weighted by Gasteiger charge is 2.20. The van der Waals surface area contributed by atoms with E-state index in [1.54, 1.807) is 0 Å². The third kappa shape index (κ3) is 3.79. The van der Waals surface area contributed by atoms with Gasteiger partial charge in [-0.25, -0.2) is 0 Å². The maximum Gasteiger partial charge on any atom is 0.0313 e. The fraction of sp³-hybridized carbons (Fsp3) is 0.667. The number of nitrogens with zero attached hydrogens (tertiary/aromatic N) is 2. The number of hydrogen-bond donors (Lipinski definition) is 1. The fourth-order valence-corrected chi connectivity index (χ4v) is 2.94. The summed E-state index contributed by atoms with van der Waals surface area (Å²) in [6.45, 7) is 4.84. The highest BCUT2D eigenvalue weighted by Crippen LogP contribution is 2.23. The van der Waals surface area contributed by atoms with Crippen LogP contribution in [0.2, 0.25) is 0 Å². The molecule has 2 N–H and O–H groups in total. The molecular formula is C15H25N3. The van der Waals surface area contributed by atoms with Crippen LogP contribution in [0, 0.1) is 6.92 Å². The molecule has 0 atom stereocenters. The molecular weight excluding hydrogens is 222 g/mol. The van der Waals surface area contributed by atoms with Crippen molar-refractivity contribution in [2.24, 2.45) is 5.73 Å². The molecule has 3 nitrogen and oxygen atoms in total. The number of pyridine rings is 1. The largest absolute Gasteiger partial charge is 0.329 e. The third-order valence-electron chi connectivity index (χ3n) is 3.82. The van der Waals surface area contributed by atoms with Gasteiger partial charge in [-0.05, 0) is 30.9 Å². The SMILES string of the molecule is Cc1cncc(CN(CCN)C2CCCCC2)c1. The van der Waals surface area contributed by atoms with Gasteiger partial charge < -0.3 is 5.73 Å². The summed E-state index contributed by atoms with van der Waals surface area (Å²) < 4.78 is 0. The first kappa shape index (κ1) is 13.5. The predicted molar refractivity (Wildman–Crippen MR) is 75.3 cm³/mol. The highest BCUT2D eigenvalue weighted by molar-refractivity contribution is 5.16. The number of aromatic nitrogens is 1. The van der Waals surface area contributed by atoms with Crippen LogP contribution in [-0.2, 0) is 6.54 Å². The van der Waals surface area contributed by atoms with E-state index >= 15 is 0 Å². The molecule has 0 amide bonds. The Morgan fingerprint density at radius 1 is 1.28 bits per heavy atom. The van der Waals surface area contributed by atoms with E-state index in [0.717, 1.165) is 25.7 Å². The summed E-state index contributed by atoms with van der Waals surface area (Å²) >= 11 is 0. The van der Waals surface area contributed by atoms with E-state index in [1.807, 2.05) is 12.4 Å². The van der Waals surface area contributed by atoms with Crippen molar-refractivity contribution in [3.63, 3.8) is 0 Å².